The number of nitrogen functional groups attached to an aromatic ring is 1. The van der Waals surface area contributed by atoms with Crippen molar-refractivity contribution in [1.82, 2.24) is 5.32 Å². The first-order valence-corrected chi connectivity index (χ1v) is 7.53. The third kappa shape index (κ3) is 3.71. The highest BCUT2D eigenvalue weighted by Crippen LogP contribution is 2.39. The summed E-state index contributed by atoms with van der Waals surface area (Å²) in [5, 5.41) is 2.86. The summed E-state index contributed by atoms with van der Waals surface area (Å²) in [5.74, 6) is 1.54. The summed E-state index contributed by atoms with van der Waals surface area (Å²) in [7, 11) is 4.70. The van der Waals surface area contributed by atoms with Crippen LogP contribution in [0.15, 0.2) is 36.4 Å². The quantitative estimate of drug-likeness (QED) is 0.761. The van der Waals surface area contributed by atoms with Gasteiger partial charge in [0.05, 0.1) is 26.9 Å². The average Bonchev–Trinajstić information content (AvgIpc) is 2.61. The number of nitrogens with one attached hydrogen (secondary N) is 1. The molecule has 0 bridgehead atoms. The lowest BCUT2D eigenvalue weighted by Gasteiger charge is -2.16. The molecule has 128 valence electrons. The molecular formula is C18H22N2O4. The standard InChI is InChI=1S/C18H22N2O4/c1-22-15-9-8-12(16(23-2)17(15)24-3)10-11-20-18(21)13-6-4-5-7-14(13)19/h4-9H,10-11,19H2,1-3H3,(H,20,21). The summed E-state index contributed by atoms with van der Waals surface area (Å²) in [6, 6.07) is 10.7. The third-order valence-electron chi connectivity index (χ3n) is 3.67. The Bertz CT molecular complexity index is 716. The zero-order chi connectivity index (χ0) is 17.5. The van der Waals surface area contributed by atoms with Gasteiger partial charge in [-0.25, -0.2) is 0 Å². The topological polar surface area (TPSA) is 82.8 Å². The molecule has 0 aliphatic carbocycles. The van der Waals surface area contributed by atoms with E-state index < -0.39 is 0 Å². The van der Waals surface area contributed by atoms with Crippen LogP contribution >= 0.6 is 0 Å². The minimum Gasteiger partial charge on any atom is -0.493 e. The molecule has 0 spiro atoms. The van der Waals surface area contributed by atoms with Gasteiger partial charge in [-0.05, 0) is 24.6 Å². The van der Waals surface area contributed by atoms with Crippen LogP contribution in [0.1, 0.15) is 15.9 Å². The average molecular weight is 330 g/mol. The van der Waals surface area contributed by atoms with Gasteiger partial charge in [0.15, 0.2) is 11.5 Å². The van der Waals surface area contributed by atoms with Gasteiger partial charge in [-0.1, -0.05) is 18.2 Å². The van der Waals surface area contributed by atoms with Crippen LogP contribution in [0.5, 0.6) is 17.2 Å². The van der Waals surface area contributed by atoms with Crippen molar-refractivity contribution in [2.45, 2.75) is 6.42 Å². The van der Waals surface area contributed by atoms with E-state index in [0.29, 0.717) is 41.5 Å². The van der Waals surface area contributed by atoms with E-state index in [1.165, 1.54) is 0 Å². The molecule has 3 N–H and O–H groups in total. The molecule has 6 heteroatoms. The number of hydrogen-bond acceptors (Lipinski definition) is 5. The highest BCUT2D eigenvalue weighted by atomic mass is 16.5. The molecule has 0 fully saturated rings. The number of methoxy groups -OCH3 is 3. The molecule has 24 heavy (non-hydrogen) atoms. The van der Waals surface area contributed by atoms with Crippen molar-refractivity contribution in [1.29, 1.82) is 0 Å². The monoisotopic (exact) mass is 330 g/mol. The molecule has 2 aromatic rings. The van der Waals surface area contributed by atoms with Crippen LogP contribution in [0.4, 0.5) is 5.69 Å². The molecular weight excluding hydrogens is 308 g/mol. The maximum Gasteiger partial charge on any atom is 0.253 e. The van der Waals surface area contributed by atoms with Gasteiger partial charge in [-0.15, -0.1) is 0 Å². The van der Waals surface area contributed by atoms with E-state index in [4.69, 9.17) is 19.9 Å². The highest BCUT2D eigenvalue weighted by molar-refractivity contribution is 5.99. The van der Waals surface area contributed by atoms with E-state index in [1.807, 2.05) is 12.1 Å². The Hall–Kier alpha value is -2.89. The molecule has 0 aliphatic rings. The number of anilines is 1. The maximum atomic E-state index is 12.2. The first-order valence-electron chi connectivity index (χ1n) is 7.53. The summed E-state index contributed by atoms with van der Waals surface area (Å²) < 4.78 is 16.0. The van der Waals surface area contributed by atoms with Crippen LogP contribution in [0.2, 0.25) is 0 Å². The molecule has 0 saturated heterocycles. The summed E-state index contributed by atoms with van der Waals surface area (Å²) >= 11 is 0. The van der Waals surface area contributed by atoms with Gasteiger partial charge in [-0.2, -0.15) is 0 Å². The maximum absolute atomic E-state index is 12.2. The molecule has 0 heterocycles. The van der Waals surface area contributed by atoms with Crippen molar-refractivity contribution in [2.24, 2.45) is 0 Å². The van der Waals surface area contributed by atoms with Gasteiger partial charge in [-0.3, -0.25) is 4.79 Å². The zero-order valence-corrected chi connectivity index (χ0v) is 14.1. The van der Waals surface area contributed by atoms with Crippen molar-refractivity contribution in [3.63, 3.8) is 0 Å². The second-order valence-corrected chi connectivity index (χ2v) is 5.09. The van der Waals surface area contributed by atoms with Crippen LogP contribution in [-0.4, -0.2) is 33.8 Å². The Morgan fingerprint density at radius 1 is 1.00 bits per heavy atom. The molecule has 2 aromatic carbocycles. The normalized spacial score (nSPS) is 10.1. The molecule has 0 atom stereocenters. The third-order valence-corrected chi connectivity index (χ3v) is 3.67. The van der Waals surface area contributed by atoms with Gasteiger partial charge >= 0.3 is 0 Å². The van der Waals surface area contributed by atoms with Crippen LogP contribution in [0.25, 0.3) is 0 Å². The van der Waals surface area contributed by atoms with Crippen molar-refractivity contribution >= 4 is 11.6 Å². The van der Waals surface area contributed by atoms with Crippen molar-refractivity contribution in [3.8, 4) is 17.2 Å². The van der Waals surface area contributed by atoms with E-state index in [2.05, 4.69) is 5.32 Å². The molecule has 1 amide bonds. The summed E-state index contributed by atoms with van der Waals surface area (Å²) in [5.41, 5.74) is 7.65. The number of hydrogen-bond donors (Lipinski definition) is 2. The summed E-state index contributed by atoms with van der Waals surface area (Å²) in [6.45, 7) is 0.443. The predicted octanol–water partition coefficient (Wildman–Crippen LogP) is 2.27. The second-order valence-electron chi connectivity index (χ2n) is 5.09. The van der Waals surface area contributed by atoms with E-state index >= 15 is 0 Å². The van der Waals surface area contributed by atoms with Crippen LogP contribution in [0.3, 0.4) is 0 Å². The highest BCUT2D eigenvalue weighted by Gasteiger charge is 2.16. The Kier molecular flexibility index (Phi) is 5.89. The van der Waals surface area contributed by atoms with Gasteiger partial charge in [0.25, 0.3) is 5.91 Å². The fourth-order valence-corrected chi connectivity index (χ4v) is 2.47. The lowest BCUT2D eigenvalue weighted by Crippen LogP contribution is -2.26. The van der Waals surface area contributed by atoms with Gasteiger partial charge in [0.2, 0.25) is 5.75 Å². The number of rotatable bonds is 7. The Morgan fingerprint density at radius 2 is 1.71 bits per heavy atom. The number of carbonyl (C=O) groups is 1. The number of amides is 1. The second kappa shape index (κ2) is 8.10. The van der Waals surface area contributed by atoms with E-state index in [-0.39, 0.29) is 5.91 Å². The summed E-state index contributed by atoms with van der Waals surface area (Å²) in [4.78, 5) is 12.2. The molecule has 0 saturated carbocycles. The van der Waals surface area contributed by atoms with Gasteiger partial charge in [0.1, 0.15) is 0 Å². The number of nitrogens with two attached hydrogens (primary N) is 1. The predicted molar refractivity (Wildman–Crippen MR) is 93.0 cm³/mol. The largest absolute Gasteiger partial charge is 0.493 e. The molecule has 0 aliphatic heterocycles. The van der Waals surface area contributed by atoms with Crippen molar-refractivity contribution in [2.75, 3.05) is 33.6 Å². The van der Waals surface area contributed by atoms with E-state index in [0.717, 1.165) is 5.56 Å². The molecule has 0 unspecified atom stereocenters. The van der Waals surface area contributed by atoms with Crippen LogP contribution in [-0.2, 0) is 6.42 Å². The van der Waals surface area contributed by atoms with E-state index in [9.17, 15) is 4.79 Å². The SMILES string of the molecule is COc1ccc(CCNC(=O)c2ccccc2N)c(OC)c1OC. The molecule has 2 rings (SSSR count). The molecule has 6 nitrogen and oxygen atoms in total. The first-order chi connectivity index (χ1) is 11.6. The minimum absolute atomic E-state index is 0.201. The van der Waals surface area contributed by atoms with Crippen molar-refractivity contribution in [3.05, 3.63) is 47.5 Å². The number of benzene rings is 2. The Balaban J connectivity index is 2.07. The van der Waals surface area contributed by atoms with Crippen molar-refractivity contribution < 1.29 is 19.0 Å². The zero-order valence-electron chi connectivity index (χ0n) is 14.1. The Morgan fingerprint density at radius 3 is 2.33 bits per heavy atom. The fraction of sp³-hybridized carbons (Fsp3) is 0.278. The smallest absolute Gasteiger partial charge is 0.253 e. The van der Waals surface area contributed by atoms with Crippen LogP contribution in [0, 0.1) is 0 Å². The fourth-order valence-electron chi connectivity index (χ4n) is 2.47. The minimum atomic E-state index is -0.201. The first kappa shape index (κ1) is 17.5. The lowest BCUT2D eigenvalue weighted by atomic mass is 10.1. The lowest BCUT2D eigenvalue weighted by molar-refractivity contribution is 0.0955. The van der Waals surface area contributed by atoms with E-state index in [1.54, 1.807) is 45.6 Å². The number of ether oxygens (including phenoxy) is 3. The molecule has 0 aromatic heterocycles. The molecule has 0 radical (unpaired) electrons. The summed E-state index contributed by atoms with van der Waals surface area (Å²) in [6.07, 6.45) is 0.585. The van der Waals surface area contributed by atoms with Gasteiger partial charge < -0.3 is 25.3 Å². The van der Waals surface area contributed by atoms with Gasteiger partial charge in [0, 0.05) is 17.8 Å². The van der Waals surface area contributed by atoms with Crippen LogP contribution < -0.4 is 25.3 Å². The Labute approximate surface area is 141 Å². The number of para-hydroxylation sites is 1. The number of carbonyl (C=O) groups excluding carboxylic acids is 1.